The minimum atomic E-state index is 0.142. The van der Waals surface area contributed by atoms with E-state index in [2.05, 4.69) is 289 Å². The molecular formula is C82H66N4. The van der Waals surface area contributed by atoms with Gasteiger partial charge in [0, 0.05) is 66.2 Å². The number of para-hydroxylation sites is 2. The molecule has 0 radical (unpaired) electrons. The summed E-state index contributed by atoms with van der Waals surface area (Å²) in [5.41, 5.74) is 29.8. The molecular weight excluding hydrogens is 1040 g/mol. The first-order valence-electron chi connectivity index (χ1n) is 31.0. The van der Waals surface area contributed by atoms with Crippen LogP contribution in [0, 0.1) is 13.8 Å². The van der Waals surface area contributed by atoms with Gasteiger partial charge in [0.05, 0.1) is 44.8 Å². The van der Waals surface area contributed by atoms with E-state index in [4.69, 9.17) is 0 Å². The quantitative estimate of drug-likeness (QED) is 0.136. The number of hydrogen-bond acceptors (Lipinski definition) is 2. The SMILES string of the molecule is CC1=CC[C@H](c2ccccc2)C=C1N(c1cc(-c2ccccc2)ccc1C)c1ccc2c3cc4c(cc3n3c5ccccc5c1c23)c1c2c(c3ccccc3n24)=C(N(c2cc(-c3ccccc3)ccc2C)C2CC(C3=CC=CCC3)=CC=C2C)CC1. The van der Waals surface area contributed by atoms with Gasteiger partial charge in [0.25, 0.3) is 0 Å². The molecule has 4 aliphatic carbocycles. The number of fused-ring (bicyclic) bond motifs is 12. The highest BCUT2D eigenvalue weighted by Crippen LogP contribution is 2.51. The van der Waals surface area contributed by atoms with Crippen LogP contribution in [0.2, 0.25) is 0 Å². The van der Waals surface area contributed by atoms with Gasteiger partial charge in [-0.05, 0) is 170 Å². The lowest BCUT2D eigenvalue weighted by atomic mass is 9.84. The van der Waals surface area contributed by atoms with Gasteiger partial charge < -0.3 is 18.6 Å². The normalized spacial score (nSPS) is 17.1. The number of anilines is 3. The van der Waals surface area contributed by atoms with Crippen molar-refractivity contribution in [2.24, 2.45) is 0 Å². The molecule has 0 fully saturated rings. The minimum Gasteiger partial charge on any atom is -0.337 e. The van der Waals surface area contributed by atoms with Gasteiger partial charge in [0.2, 0.25) is 0 Å². The molecule has 4 heterocycles. The van der Waals surface area contributed by atoms with Gasteiger partial charge in [0.1, 0.15) is 0 Å². The second kappa shape index (κ2) is 19.9. The third-order valence-electron chi connectivity index (χ3n) is 19.9. The van der Waals surface area contributed by atoms with E-state index in [-0.39, 0.29) is 12.0 Å². The summed E-state index contributed by atoms with van der Waals surface area (Å²) < 4.78 is 5.28. The van der Waals surface area contributed by atoms with Crippen molar-refractivity contribution in [1.82, 2.24) is 8.80 Å². The van der Waals surface area contributed by atoms with Gasteiger partial charge in [-0.3, -0.25) is 0 Å². The van der Waals surface area contributed by atoms with E-state index in [0.717, 1.165) is 38.5 Å². The van der Waals surface area contributed by atoms with Crippen molar-refractivity contribution in [2.45, 2.75) is 78.2 Å². The molecule has 86 heavy (non-hydrogen) atoms. The van der Waals surface area contributed by atoms with Gasteiger partial charge in [0.15, 0.2) is 0 Å². The number of rotatable bonds is 10. The largest absolute Gasteiger partial charge is 0.337 e. The maximum atomic E-state index is 2.81. The standard InChI is InChI=1S/C82H66N4/c1-51-33-37-59(55-21-9-5-10-22-55)45-73(51)83(74-46-60(38-34-52(74)2)56-23-11-6-12-24-56)71-43-41-63-67-49-78-68(50-77(67)85-69-31-19-17-29-65(69)79(71)81(63)85)64-42-44-72(80-66-30-18-20-32-70(66)86(78)82(64)80)84(75-47-61(39-35-53(75)3)57-25-13-7-14-26-57)76-48-62(40-36-54(76)4)58-27-15-8-16-28-58/h5-15,17-27,29-37,39-41,43,45-47,49-50,60,76H,16,28,38,42,44,48H2,1-4H3/t60-,76?/m0/s1. The molecule has 13 aromatic rings. The molecule has 414 valence electrons. The maximum absolute atomic E-state index is 2.81. The third kappa shape index (κ3) is 7.75. The van der Waals surface area contributed by atoms with Crippen LogP contribution in [0.1, 0.15) is 74.1 Å². The number of hydrogen-bond donors (Lipinski definition) is 0. The molecule has 9 aromatic carbocycles. The molecule has 0 N–H and O–H groups in total. The lowest BCUT2D eigenvalue weighted by molar-refractivity contribution is 0.701. The van der Waals surface area contributed by atoms with Gasteiger partial charge in [-0.1, -0.05) is 206 Å². The summed E-state index contributed by atoms with van der Waals surface area (Å²) in [7, 11) is 0. The summed E-state index contributed by atoms with van der Waals surface area (Å²) in [5.74, 6) is 0.243. The fourth-order valence-corrected chi connectivity index (χ4v) is 15.6. The topological polar surface area (TPSA) is 15.3 Å². The molecule has 0 spiro atoms. The Bertz CT molecular complexity index is 5210. The van der Waals surface area contributed by atoms with E-state index >= 15 is 0 Å². The molecule has 1 unspecified atom stereocenters. The average Bonchev–Trinajstić information content (AvgIpc) is 1.58. The van der Waals surface area contributed by atoms with Crippen molar-refractivity contribution in [3.05, 3.63) is 298 Å². The minimum absolute atomic E-state index is 0.142. The Balaban J connectivity index is 0.913. The predicted octanol–water partition coefficient (Wildman–Crippen LogP) is 20.7. The van der Waals surface area contributed by atoms with E-state index in [9.17, 15) is 0 Å². The highest BCUT2D eigenvalue weighted by molar-refractivity contribution is 6.28. The molecule has 0 bridgehead atoms. The Morgan fingerprint density at radius 1 is 0.465 bits per heavy atom. The summed E-state index contributed by atoms with van der Waals surface area (Å²) >= 11 is 0. The second-order valence-corrected chi connectivity index (χ2v) is 24.7. The highest BCUT2D eigenvalue weighted by atomic mass is 15.2. The molecule has 2 atom stereocenters. The molecule has 4 aromatic heterocycles. The summed E-state index contributed by atoms with van der Waals surface area (Å²) in [5, 5.41) is 9.16. The van der Waals surface area contributed by atoms with Crippen molar-refractivity contribution < 1.29 is 0 Å². The van der Waals surface area contributed by atoms with E-state index in [1.807, 2.05) is 0 Å². The zero-order valence-electron chi connectivity index (χ0n) is 49.3. The summed E-state index contributed by atoms with van der Waals surface area (Å²) in [6.45, 7) is 9.28. The maximum Gasteiger partial charge on any atom is 0.0641 e. The van der Waals surface area contributed by atoms with Crippen molar-refractivity contribution in [3.63, 3.8) is 0 Å². The number of allylic oxidation sites excluding steroid dienone is 9. The van der Waals surface area contributed by atoms with Crippen molar-refractivity contribution in [1.29, 1.82) is 0 Å². The van der Waals surface area contributed by atoms with Crippen molar-refractivity contribution in [3.8, 4) is 22.3 Å². The van der Waals surface area contributed by atoms with Crippen molar-refractivity contribution >= 4 is 88.2 Å². The van der Waals surface area contributed by atoms with E-state index in [1.54, 1.807) is 0 Å². The Morgan fingerprint density at radius 3 is 1.84 bits per heavy atom. The molecule has 0 saturated heterocycles. The van der Waals surface area contributed by atoms with Crippen LogP contribution in [-0.2, 0) is 6.42 Å². The molecule has 17 rings (SSSR count). The van der Waals surface area contributed by atoms with E-state index in [1.165, 1.54) is 166 Å². The molecule has 4 aliphatic rings. The monoisotopic (exact) mass is 1110 g/mol. The summed E-state index contributed by atoms with van der Waals surface area (Å²) in [6, 6.07) is 75.7. The lowest BCUT2D eigenvalue weighted by Gasteiger charge is -2.40. The predicted molar refractivity (Wildman–Crippen MR) is 364 cm³/mol. The van der Waals surface area contributed by atoms with Crippen LogP contribution in [0.3, 0.4) is 0 Å². The van der Waals surface area contributed by atoms with Gasteiger partial charge in [-0.2, -0.15) is 0 Å². The van der Waals surface area contributed by atoms with Crippen LogP contribution in [0.4, 0.5) is 17.1 Å². The average molecular weight is 1110 g/mol. The number of nitrogens with zero attached hydrogens (tertiary/aromatic N) is 4. The van der Waals surface area contributed by atoms with Gasteiger partial charge in [-0.25, -0.2) is 0 Å². The van der Waals surface area contributed by atoms with Gasteiger partial charge in [-0.15, -0.1) is 0 Å². The van der Waals surface area contributed by atoms with Crippen LogP contribution in [-0.4, -0.2) is 14.8 Å². The van der Waals surface area contributed by atoms with Crippen LogP contribution < -0.4 is 15.0 Å². The summed E-state index contributed by atoms with van der Waals surface area (Å²) in [6.07, 6.45) is 22.7. The van der Waals surface area contributed by atoms with E-state index in [0.29, 0.717) is 0 Å². The molecule has 0 amide bonds. The van der Waals surface area contributed by atoms with Crippen LogP contribution >= 0.6 is 0 Å². The summed E-state index contributed by atoms with van der Waals surface area (Å²) in [4.78, 5) is 5.42. The zero-order chi connectivity index (χ0) is 57.3. The van der Waals surface area contributed by atoms with E-state index < -0.39 is 0 Å². The number of aryl methyl sites for hydroxylation is 3. The first-order chi connectivity index (χ1) is 42.3. The first kappa shape index (κ1) is 50.6. The molecule has 0 aliphatic heterocycles. The highest BCUT2D eigenvalue weighted by Gasteiger charge is 2.35. The lowest BCUT2D eigenvalue weighted by Crippen LogP contribution is -2.40. The van der Waals surface area contributed by atoms with Gasteiger partial charge >= 0.3 is 0 Å². The smallest absolute Gasteiger partial charge is 0.0641 e. The van der Waals surface area contributed by atoms with Crippen LogP contribution in [0.25, 0.3) is 93.4 Å². The first-order valence-corrected chi connectivity index (χ1v) is 31.0. The Labute approximate surface area is 502 Å². The Morgan fingerprint density at radius 2 is 1.10 bits per heavy atom. The second-order valence-electron chi connectivity index (χ2n) is 24.7. The fourth-order valence-electron chi connectivity index (χ4n) is 15.6. The fraction of sp³-hybridized carbons (Fsp3) is 0.146. The molecule has 4 heteroatoms. The van der Waals surface area contributed by atoms with Crippen molar-refractivity contribution in [2.75, 3.05) is 9.80 Å². The third-order valence-corrected chi connectivity index (χ3v) is 19.9. The Hall–Kier alpha value is -9.90. The van der Waals surface area contributed by atoms with Crippen LogP contribution in [0.15, 0.2) is 271 Å². The Kier molecular flexibility index (Phi) is 11.7. The molecule has 0 saturated carbocycles. The van der Waals surface area contributed by atoms with Crippen LogP contribution in [0.5, 0.6) is 0 Å². The number of aromatic nitrogens is 2. The number of benzene rings is 9. The molecule has 4 nitrogen and oxygen atoms in total. The zero-order valence-corrected chi connectivity index (χ0v) is 49.3.